The number of carbonyl (C=O) groups excluding carboxylic acids is 1. The number of rotatable bonds is 5. The lowest BCUT2D eigenvalue weighted by atomic mass is 9.86. The van der Waals surface area contributed by atoms with Crippen LogP contribution >= 0.6 is 11.8 Å². The van der Waals surface area contributed by atoms with Crippen LogP contribution in [0.25, 0.3) is 0 Å². The standard InChI is InChI=1S/C11H21NO2S/c1-9-4-2-3-5-10(9)12-11(14)8-15-7-6-13/h9-10,13H,2-8H2,1H3,(H,12,14). The van der Waals surface area contributed by atoms with E-state index in [9.17, 15) is 4.79 Å². The number of amides is 1. The molecule has 1 amide bonds. The molecule has 1 rings (SSSR count). The van der Waals surface area contributed by atoms with Crippen LogP contribution in [0.4, 0.5) is 0 Å². The van der Waals surface area contributed by atoms with Gasteiger partial charge in [0.05, 0.1) is 12.4 Å². The molecule has 0 aromatic heterocycles. The van der Waals surface area contributed by atoms with Gasteiger partial charge < -0.3 is 10.4 Å². The molecule has 2 N–H and O–H groups in total. The highest BCUT2D eigenvalue weighted by molar-refractivity contribution is 7.99. The Bertz CT molecular complexity index is 199. The van der Waals surface area contributed by atoms with Crippen molar-refractivity contribution in [2.24, 2.45) is 5.92 Å². The number of aliphatic hydroxyl groups is 1. The summed E-state index contributed by atoms with van der Waals surface area (Å²) in [6, 6.07) is 0.376. The second-order valence-corrected chi connectivity index (χ2v) is 5.32. The summed E-state index contributed by atoms with van der Waals surface area (Å²) in [6.45, 7) is 2.36. The maximum absolute atomic E-state index is 11.5. The highest BCUT2D eigenvalue weighted by atomic mass is 32.2. The Morgan fingerprint density at radius 1 is 1.47 bits per heavy atom. The zero-order chi connectivity index (χ0) is 11.1. The van der Waals surface area contributed by atoms with Crippen molar-refractivity contribution < 1.29 is 9.90 Å². The molecule has 0 saturated heterocycles. The summed E-state index contributed by atoms with van der Waals surface area (Å²) in [6.07, 6.45) is 4.89. The number of hydrogen-bond acceptors (Lipinski definition) is 3. The molecule has 0 heterocycles. The van der Waals surface area contributed by atoms with Gasteiger partial charge in [0.1, 0.15) is 0 Å². The molecule has 1 aliphatic carbocycles. The number of aliphatic hydroxyl groups excluding tert-OH is 1. The Morgan fingerprint density at radius 2 is 2.20 bits per heavy atom. The van der Waals surface area contributed by atoms with Gasteiger partial charge in [0.15, 0.2) is 0 Å². The molecule has 0 aromatic rings. The van der Waals surface area contributed by atoms with Crippen molar-refractivity contribution in [3.05, 3.63) is 0 Å². The van der Waals surface area contributed by atoms with Gasteiger partial charge in [0.25, 0.3) is 0 Å². The van der Waals surface area contributed by atoms with Crippen molar-refractivity contribution in [1.82, 2.24) is 5.32 Å². The monoisotopic (exact) mass is 231 g/mol. The van der Waals surface area contributed by atoms with Crippen LogP contribution in [0.15, 0.2) is 0 Å². The van der Waals surface area contributed by atoms with Crippen LogP contribution < -0.4 is 5.32 Å². The summed E-state index contributed by atoms with van der Waals surface area (Å²) in [7, 11) is 0. The predicted octanol–water partition coefficient (Wildman–Crippen LogP) is 1.41. The van der Waals surface area contributed by atoms with E-state index >= 15 is 0 Å². The van der Waals surface area contributed by atoms with E-state index in [2.05, 4.69) is 12.2 Å². The van der Waals surface area contributed by atoms with Crippen molar-refractivity contribution in [3.8, 4) is 0 Å². The Morgan fingerprint density at radius 3 is 2.87 bits per heavy atom. The molecule has 88 valence electrons. The minimum atomic E-state index is 0.118. The predicted molar refractivity (Wildman–Crippen MR) is 64.0 cm³/mol. The molecular weight excluding hydrogens is 210 g/mol. The summed E-state index contributed by atoms with van der Waals surface area (Å²) in [5.41, 5.74) is 0. The fraction of sp³-hybridized carbons (Fsp3) is 0.909. The fourth-order valence-electron chi connectivity index (χ4n) is 2.01. The maximum atomic E-state index is 11.5. The summed E-state index contributed by atoms with van der Waals surface area (Å²) >= 11 is 1.49. The first-order valence-corrected chi connectivity index (χ1v) is 6.87. The fourth-order valence-corrected chi connectivity index (χ4v) is 2.55. The summed E-state index contributed by atoms with van der Waals surface area (Å²) in [5, 5.41) is 11.7. The Balaban J connectivity index is 2.18. The molecule has 1 saturated carbocycles. The van der Waals surface area contributed by atoms with Gasteiger partial charge in [-0.05, 0) is 18.8 Å². The zero-order valence-corrected chi connectivity index (χ0v) is 10.2. The van der Waals surface area contributed by atoms with E-state index < -0.39 is 0 Å². The van der Waals surface area contributed by atoms with Crippen molar-refractivity contribution in [3.63, 3.8) is 0 Å². The third-order valence-electron chi connectivity index (χ3n) is 2.93. The average molecular weight is 231 g/mol. The van der Waals surface area contributed by atoms with Crippen LogP contribution in [0.1, 0.15) is 32.6 Å². The highest BCUT2D eigenvalue weighted by Gasteiger charge is 2.22. The number of carbonyl (C=O) groups is 1. The molecular formula is C11H21NO2S. The molecule has 4 heteroatoms. The molecule has 0 aliphatic heterocycles. The highest BCUT2D eigenvalue weighted by Crippen LogP contribution is 2.23. The molecule has 2 atom stereocenters. The van der Waals surface area contributed by atoms with Gasteiger partial charge in [-0.3, -0.25) is 4.79 Å². The van der Waals surface area contributed by atoms with Gasteiger partial charge in [-0.2, -0.15) is 0 Å². The van der Waals surface area contributed by atoms with Crippen LogP contribution in [-0.4, -0.2) is 35.2 Å². The quantitative estimate of drug-likeness (QED) is 0.703. The molecule has 15 heavy (non-hydrogen) atoms. The van der Waals surface area contributed by atoms with Crippen LogP contribution in [0.5, 0.6) is 0 Å². The van der Waals surface area contributed by atoms with E-state index in [4.69, 9.17) is 5.11 Å². The average Bonchev–Trinajstić information content (AvgIpc) is 2.22. The second kappa shape index (κ2) is 7.12. The van der Waals surface area contributed by atoms with Crippen LogP contribution in [0.2, 0.25) is 0 Å². The van der Waals surface area contributed by atoms with E-state index in [1.165, 1.54) is 31.0 Å². The molecule has 0 bridgehead atoms. The molecule has 0 radical (unpaired) electrons. The minimum Gasteiger partial charge on any atom is -0.396 e. The van der Waals surface area contributed by atoms with Gasteiger partial charge in [-0.1, -0.05) is 19.8 Å². The first-order chi connectivity index (χ1) is 7.24. The lowest BCUT2D eigenvalue weighted by molar-refractivity contribution is -0.119. The molecule has 0 aromatic carbocycles. The largest absolute Gasteiger partial charge is 0.396 e. The van der Waals surface area contributed by atoms with Gasteiger partial charge in [-0.15, -0.1) is 11.8 Å². The Hall–Kier alpha value is -0.220. The van der Waals surface area contributed by atoms with Gasteiger partial charge in [0, 0.05) is 11.8 Å². The van der Waals surface area contributed by atoms with Crippen LogP contribution in [0, 0.1) is 5.92 Å². The van der Waals surface area contributed by atoms with Gasteiger partial charge in [-0.25, -0.2) is 0 Å². The van der Waals surface area contributed by atoms with E-state index in [1.54, 1.807) is 0 Å². The molecule has 2 unspecified atom stereocenters. The number of hydrogen-bond donors (Lipinski definition) is 2. The first-order valence-electron chi connectivity index (χ1n) is 5.72. The van der Waals surface area contributed by atoms with Crippen molar-refractivity contribution in [1.29, 1.82) is 0 Å². The summed E-state index contributed by atoms with van der Waals surface area (Å²) in [5.74, 6) is 1.86. The van der Waals surface area contributed by atoms with Crippen molar-refractivity contribution in [2.45, 2.75) is 38.6 Å². The molecule has 1 fully saturated rings. The van der Waals surface area contributed by atoms with E-state index in [0.29, 0.717) is 23.5 Å². The SMILES string of the molecule is CC1CCCCC1NC(=O)CSCCO. The Labute approximate surface area is 96.0 Å². The lowest BCUT2D eigenvalue weighted by Gasteiger charge is -2.29. The first kappa shape index (κ1) is 12.8. The lowest BCUT2D eigenvalue weighted by Crippen LogP contribution is -2.41. The minimum absolute atomic E-state index is 0.118. The maximum Gasteiger partial charge on any atom is 0.230 e. The normalized spacial score (nSPS) is 26.3. The van der Waals surface area contributed by atoms with Crippen LogP contribution in [0.3, 0.4) is 0 Å². The molecule has 3 nitrogen and oxygen atoms in total. The zero-order valence-electron chi connectivity index (χ0n) is 9.37. The Kier molecular flexibility index (Phi) is 6.10. The number of thioether (sulfide) groups is 1. The van der Waals surface area contributed by atoms with Crippen molar-refractivity contribution in [2.75, 3.05) is 18.1 Å². The smallest absolute Gasteiger partial charge is 0.230 e. The number of nitrogens with one attached hydrogen (secondary N) is 1. The van der Waals surface area contributed by atoms with E-state index in [-0.39, 0.29) is 12.5 Å². The molecule has 0 spiro atoms. The van der Waals surface area contributed by atoms with Crippen LogP contribution in [-0.2, 0) is 4.79 Å². The van der Waals surface area contributed by atoms with E-state index in [1.807, 2.05) is 0 Å². The summed E-state index contributed by atoms with van der Waals surface area (Å²) in [4.78, 5) is 11.5. The van der Waals surface area contributed by atoms with E-state index in [0.717, 1.165) is 6.42 Å². The third kappa shape index (κ3) is 4.89. The molecule has 1 aliphatic rings. The second-order valence-electron chi connectivity index (χ2n) is 4.21. The van der Waals surface area contributed by atoms with Gasteiger partial charge in [0.2, 0.25) is 5.91 Å². The third-order valence-corrected chi connectivity index (χ3v) is 3.86. The topological polar surface area (TPSA) is 49.3 Å². The van der Waals surface area contributed by atoms with Gasteiger partial charge >= 0.3 is 0 Å². The van der Waals surface area contributed by atoms with Crippen molar-refractivity contribution >= 4 is 17.7 Å². The summed E-state index contributed by atoms with van der Waals surface area (Å²) < 4.78 is 0.